The Morgan fingerprint density at radius 3 is 2.91 bits per heavy atom. The van der Waals surface area contributed by atoms with Crippen LogP contribution >= 0.6 is 0 Å². The zero-order chi connectivity index (χ0) is 16.4. The van der Waals surface area contributed by atoms with Gasteiger partial charge in [0.25, 0.3) is 5.91 Å². The molecule has 0 aliphatic heterocycles. The fraction of sp³-hybridized carbons (Fsp3) is 0.125. The first kappa shape index (κ1) is 15.0. The maximum Gasteiger partial charge on any atom is 0.259 e. The predicted octanol–water partition coefficient (Wildman–Crippen LogP) is 2.53. The van der Waals surface area contributed by atoms with Gasteiger partial charge in [0.1, 0.15) is 11.5 Å². The molecule has 0 saturated carbocycles. The summed E-state index contributed by atoms with van der Waals surface area (Å²) in [6.45, 7) is 0.102. The molecule has 0 atom stereocenters. The second kappa shape index (κ2) is 6.05. The Morgan fingerprint density at radius 1 is 1.43 bits per heavy atom. The molecule has 0 radical (unpaired) electrons. The summed E-state index contributed by atoms with van der Waals surface area (Å²) in [7, 11) is 1.71. The summed E-state index contributed by atoms with van der Waals surface area (Å²) in [4.78, 5) is 12.5. The molecular weight excluding hydrogens is 299 g/mol. The first-order valence-electron chi connectivity index (χ1n) is 6.96. The molecular formula is C16H15FN4O2. The molecule has 3 rings (SSSR count). The van der Waals surface area contributed by atoms with Gasteiger partial charge >= 0.3 is 0 Å². The summed E-state index contributed by atoms with van der Waals surface area (Å²) < 4.78 is 20.6. The topological polar surface area (TPSA) is 86.1 Å². The van der Waals surface area contributed by atoms with E-state index in [1.807, 2.05) is 0 Å². The third-order valence-corrected chi connectivity index (χ3v) is 3.36. The summed E-state index contributed by atoms with van der Waals surface area (Å²) in [5.74, 6) is -0.368. The lowest BCUT2D eigenvalue weighted by atomic mass is 10.1. The predicted molar refractivity (Wildman–Crippen MR) is 83.2 cm³/mol. The van der Waals surface area contributed by atoms with Gasteiger partial charge in [-0.3, -0.25) is 9.48 Å². The van der Waals surface area contributed by atoms with Crippen LogP contribution in [0.25, 0.3) is 11.5 Å². The molecule has 3 aromatic rings. The lowest BCUT2D eigenvalue weighted by Gasteiger charge is -2.06. The maximum atomic E-state index is 13.7. The van der Waals surface area contributed by atoms with Crippen molar-refractivity contribution in [3.63, 3.8) is 0 Å². The van der Waals surface area contributed by atoms with Crippen LogP contribution in [-0.2, 0) is 13.6 Å². The fourth-order valence-electron chi connectivity index (χ4n) is 2.24. The SMILES string of the molecule is Cn1cc(C(=O)Nc2ccc(CN)c(F)c2)c(-c2ccco2)n1. The molecule has 0 aliphatic rings. The number of amides is 1. The summed E-state index contributed by atoms with van der Waals surface area (Å²) in [5.41, 5.74) is 6.92. The monoisotopic (exact) mass is 314 g/mol. The number of hydrogen-bond acceptors (Lipinski definition) is 4. The number of furan rings is 1. The second-order valence-electron chi connectivity index (χ2n) is 5.01. The van der Waals surface area contributed by atoms with E-state index >= 15 is 0 Å². The van der Waals surface area contributed by atoms with Crippen molar-refractivity contribution in [2.45, 2.75) is 6.54 Å². The van der Waals surface area contributed by atoms with Crippen molar-refractivity contribution in [1.29, 1.82) is 0 Å². The number of rotatable bonds is 4. The number of nitrogens with one attached hydrogen (secondary N) is 1. The third kappa shape index (κ3) is 3.00. The van der Waals surface area contributed by atoms with E-state index in [-0.39, 0.29) is 6.54 Å². The van der Waals surface area contributed by atoms with E-state index in [1.54, 1.807) is 37.5 Å². The number of nitrogens with zero attached hydrogens (tertiary/aromatic N) is 2. The second-order valence-corrected chi connectivity index (χ2v) is 5.01. The van der Waals surface area contributed by atoms with Crippen molar-refractivity contribution in [1.82, 2.24) is 9.78 Å². The molecule has 0 fully saturated rings. The first-order valence-corrected chi connectivity index (χ1v) is 6.96. The molecule has 0 spiro atoms. The van der Waals surface area contributed by atoms with E-state index in [1.165, 1.54) is 17.0 Å². The highest BCUT2D eigenvalue weighted by atomic mass is 19.1. The van der Waals surface area contributed by atoms with E-state index in [2.05, 4.69) is 10.4 Å². The van der Waals surface area contributed by atoms with Crippen LogP contribution in [0.15, 0.2) is 47.2 Å². The standard InChI is InChI=1S/C16H15FN4O2/c1-21-9-12(15(20-21)14-3-2-6-23-14)16(22)19-11-5-4-10(8-18)13(17)7-11/h2-7,9H,8,18H2,1H3,(H,19,22). The fourth-order valence-corrected chi connectivity index (χ4v) is 2.24. The van der Waals surface area contributed by atoms with Crippen LogP contribution in [-0.4, -0.2) is 15.7 Å². The molecule has 1 amide bonds. The molecule has 1 aromatic carbocycles. The van der Waals surface area contributed by atoms with Crippen LogP contribution in [0.1, 0.15) is 15.9 Å². The first-order chi connectivity index (χ1) is 11.1. The molecule has 23 heavy (non-hydrogen) atoms. The Kier molecular flexibility index (Phi) is 3.94. The van der Waals surface area contributed by atoms with Crippen molar-refractivity contribution in [3.05, 3.63) is 59.7 Å². The molecule has 6 nitrogen and oxygen atoms in total. The molecule has 0 saturated heterocycles. The van der Waals surface area contributed by atoms with Crippen molar-refractivity contribution in [2.24, 2.45) is 12.8 Å². The van der Waals surface area contributed by atoms with Gasteiger partial charge in [-0.1, -0.05) is 6.07 Å². The van der Waals surface area contributed by atoms with Crippen LogP contribution in [0.3, 0.4) is 0 Å². The van der Waals surface area contributed by atoms with Gasteiger partial charge < -0.3 is 15.5 Å². The normalized spacial score (nSPS) is 10.7. The van der Waals surface area contributed by atoms with Gasteiger partial charge in [0.15, 0.2) is 5.76 Å². The largest absolute Gasteiger partial charge is 0.463 e. The summed E-state index contributed by atoms with van der Waals surface area (Å²) in [6.07, 6.45) is 3.09. The molecule has 3 N–H and O–H groups in total. The number of aryl methyl sites for hydroxylation is 1. The van der Waals surface area contributed by atoms with Crippen molar-refractivity contribution in [2.75, 3.05) is 5.32 Å². The number of halogens is 1. The zero-order valence-corrected chi connectivity index (χ0v) is 12.4. The van der Waals surface area contributed by atoms with E-state index in [0.717, 1.165) is 0 Å². The van der Waals surface area contributed by atoms with Gasteiger partial charge in [0.2, 0.25) is 0 Å². The molecule has 0 aliphatic carbocycles. The molecule has 0 unspecified atom stereocenters. The number of anilines is 1. The Labute approximate surface area is 131 Å². The lowest BCUT2D eigenvalue weighted by molar-refractivity contribution is 0.102. The minimum Gasteiger partial charge on any atom is -0.463 e. The highest BCUT2D eigenvalue weighted by Crippen LogP contribution is 2.23. The number of aromatic nitrogens is 2. The average molecular weight is 314 g/mol. The highest BCUT2D eigenvalue weighted by Gasteiger charge is 2.19. The van der Waals surface area contributed by atoms with Gasteiger partial charge in [-0.2, -0.15) is 5.10 Å². The summed E-state index contributed by atoms with van der Waals surface area (Å²) >= 11 is 0. The maximum absolute atomic E-state index is 13.7. The lowest BCUT2D eigenvalue weighted by Crippen LogP contribution is -2.13. The van der Waals surface area contributed by atoms with E-state index in [9.17, 15) is 9.18 Å². The third-order valence-electron chi connectivity index (χ3n) is 3.36. The van der Waals surface area contributed by atoms with Crippen molar-refractivity contribution >= 4 is 11.6 Å². The smallest absolute Gasteiger partial charge is 0.259 e. The number of carbonyl (C=O) groups is 1. The van der Waals surface area contributed by atoms with Crippen LogP contribution in [0.4, 0.5) is 10.1 Å². The van der Waals surface area contributed by atoms with Crippen LogP contribution in [0, 0.1) is 5.82 Å². The van der Waals surface area contributed by atoms with Gasteiger partial charge in [-0.15, -0.1) is 0 Å². The van der Waals surface area contributed by atoms with E-state index < -0.39 is 11.7 Å². The summed E-state index contributed by atoms with van der Waals surface area (Å²) in [6, 6.07) is 7.82. The van der Waals surface area contributed by atoms with Gasteiger partial charge in [-0.05, 0) is 24.3 Å². The molecule has 118 valence electrons. The molecule has 7 heteroatoms. The molecule has 0 bridgehead atoms. The van der Waals surface area contributed by atoms with E-state index in [4.69, 9.17) is 10.2 Å². The van der Waals surface area contributed by atoms with Crippen LogP contribution < -0.4 is 11.1 Å². The van der Waals surface area contributed by atoms with Crippen LogP contribution in [0.5, 0.6) is 0 Å². The van der Waals surface area contributed by atoms with Gasteiger partial charge in [-0.25, -0.2) is 4.39 Å². The Balaban J connectivity index is 1.88. The van der Waals surface area contributed by atoms with Crippen molar-refractivity contribution in [3.8, 4) is 11.5 Å². The Bertz CT molecular complexity index is 840. The van der Waals surface area contributed by atoms with Crippen LogP contribution in [0.2, 0.25) is 0 Å². The number of hydrogen-bond donors (Lipinski definition) is 2. The Hall–Kier alpha value is -2.93. The zero-order valence-electron chi connectivity index (χ0n) is 12.4. The molecule has 2 heterocycles. The van der Waals surface area contributed by atoms with Crippen molar-refractivity contribution < 1.29 is 13.6 Å². The Morgan fingerprint density at radius 2 is 2.26 bits per heavy atom. The van der Waals surface area contributed by atoms with E-state index in [0.29, 0.717) is 28.3 Å². The summed E-state index contributed by atoms with van der Waals surface area (Å²) in [5, 5.41) is 6.88. The highest BCUT2D eigenvalue weighted by molar-refractivity contribution is 6.07. The van der Waals surface area contributed by atoms with Gasteiger partial charge in [0.05, 0.1) is 11.8 Å². The minimum absolute atomic E-state index is 0.102. The number of nitrogens with two attached hydrogens (primary N) is 1. The number of carbonyl (C=O) groups excluding carboxylic acids is 1. The average Bonchev–Trinajstić information content (AvgIpc) is 3.16. The quantitative estimate of drug-likeness (QED) is 0.775. The van der Waals surface area contributed by atoms with Gasteiger partial charge in [0, 0.05) is 31.0 Å². The number of benzene rings is 1. The molecule has 2 aromatic heterocycles. The minimum atomic E-state index is -0.456.